The van der Waals surface area contributed by atoms with Gasteiger partial charge in [-0.2, -0.15) is 0 Å². The van der Waals surface area contributed by atoms with Gasteiger partial charge in [0.1, 0.15) is 11.6 Å². The third-order valence-electron chi connectivity index (χ3n) is 2.81. The molecule has 2 rings (SSSR count). The van der Waals surface area contributed by atoms with E-state index >= 15 is 0 Å². The molecule has 0 aliphatic carbocycles. The summed E-state index contributed by atoms with van der Waals surface area (Å²) in [5, 5.41) is 0. The molecule has 0 fully saturated rings. The van der Waals surface area contributed by atoms with Crippen LogP contribution < -0.4 is 15.6 Å². The van der Waals surface area contributed by atoms with E-state index in [1.165, 1.54) is 24.3 Å². The van der Waals surface area contributed by atoms with Crippen LogP contribution in [0.5, 0.6) is 5.75 Å². The molecule has 0 radical (unpaired) electrons. The molecule has 0 aromatic heterocycles. The van der Waals surface area contributed by atoms with Gasteiger partial charge in [0.2, 0.25) is 0 Å². The minimum atomic E-state index is -0.523. The second-order valence-electron chi connectivity index (χ2n) is 4.61. The number of carbonyl (C=O) groups excluding carboxylic acids is 2. The van der Waals surface area contributed by atoms with Gasteiger partial charge in [-0.25, -0.2) is 4.39 Å². The Balaban J connectivity index is 1.76. The first kappa shape index (κ1) is 15.5. The molecule has 114 valence electrons. The van der Waals surface area contributed by atoms with E-state index in [9.17, 15) is 14.0 Å². The zero-order valence-corrected chi connectivity index (χ0v) is 11.9. The van der Waals surface area contributed by atoms with E-state index in [-0.39, 0.29) is 12.4 Å². The van der Waals surface area contributed by atoms with Crippen molar-refractivity contribution in [3.05, 3.63) is 65.5 Å². The van der Waals surface area contributed by atoms with Crippen molar-refractivity contribution in [2.75, 3.05) is 6.61 Å². The van der Waals surface area contributed by atoms with Crippen molar-refractivity contribution in [3.8, 4) is 5.75 Å². The van der Waals surface area contributed by atoms with Crippen molar-refractivity contribution in [2.24, 2.45) is 0 Å². The Morgan fingerprint density at radius 2 is 1.64 bits per heavy atom. The summed E-state index contributed by atoms with van der Waals surface area (Å²) < 4.78 is 17.8. The summed E-state index contributed by atoms with van der Waals surface area (Å²) in [6.07, 6.45) is 0. The summed E-state index contributed by atoms with van der Waals surface area (Å²) in [7, 11) is 0. The Morgan fingerprint density at radius 3 is 2.27 bits per heavy atom. The summed E-state index contributed by atoms with van der Waals surface area (Å²) in [6.45, 7) is 1.62. The zero-order valence-electron chi connectivity index (χ0n) is 11.9. The van der Waals surface area contributed by atoms with Gasteiger partial charge in [0, 0.05) is 5.56 Å². The molecule has 2 aromatic carbocycles. The van der Waals surface area contributed by atoms with Crippen molar-refractivity contribution < 1.29 is 18.7 Å². The number of hydrogen-bond acceptors (Lipinski definition) is 3. The van der Waals surface area contributed by atoms with Crippen LogP contribution in [0.2, 0.25) is 0 Å². The average molecular weight is 302 g/mol. The number of carbonyl (C=O) groups is 2. The second kappa shape index (κ2) is 7.21. The number of benzene rings is 2. The maximum Gasteiger partial charge on any atom is 0.276 e. The first-order valence-corrected chi connectivity index (χ1v) is 6.59. The molecule has 0 unspecified atom stereocenters. The molecule has 2 aromatic rings. The van der Waals surface area contributed by atoms with Crippen LogP contribution in [0.25, 0.3) is 0 Å². The number of nitrogens with one attached hydrogen (secondary N) is 2. The Morgan fingerprint density at radius 1 is 1.00 bits per heavy atom. The van der Waals surface area contributed by atoms with Crippen LogP contribution in [-0.4, -0.2) is 18.4 Å². The molecule has 0 spiro atoms. The smallest absolute Gasteiger partial charge is 0.276 e. The standard InChI is InChI=1S/C16H15FN2O3/c1-11-2-4-12(5-3-11)16(21)19-18-15(20)10-22-14-8-6-13(17)7-9-14/h2-9H,10H2,1H3,(H,18,20)(H,19,21). The normalized spacial score (nSPS) is 9.91. The van der Waals surface area contributed by atoms with Crippen LogP contribution in [0, 0.1) is 12.7 Å². The van der Waals surface area contributed by atoms with Crippen LogP contribution >= 0.6 is 0 Å². The SMILES string of the molecule is Cc1ccc(C(=O)NNC(=O)COc2ccc(F)cc2)cc1. The molecular weight excluding hydrogens is 287 g/mol. The van der Waals surface area contributed by atoms with Gasteiger partial charge in [-0.3, -0.25) is 20.4 Å². The molecule has 0 bridgehead atoms. The lowest BCUT2D eigenvalue weighted by Gasteiger charge is -2.09. The molecule has 0 aliphatic heterocycles. The topological polar surface area (TPSA) is 67.4 Å². The van der Waals surface area contributed by atoms with Crippen LogP contribution in [0.3, 0.4) is 0 Å². The largest absolute Gasteiger partial charge is 0.484 e. The second-order valence-corrected chi connectivity index (χ2v) is 4.61. The van der Waals surface area contributed by atoms with E-state index in [0.29, 0.717) is 11.3 Å². The van der Waals surface area contributed by atoms with Gasteiger partial charge in [-0.05, 0) is 43.3 Å². The predicted octanol–water partition coefficient (Wildman–Crippen LogP) is 1.97. The lowest BCUT2D eigenvalue weighted by atomic mass is 10.1. The lowest BCUT2D eigenvalue weighted by molar-refractivity contribution is -0.123. The van der Waals surface area contributed by atoms with Crippen LogP contribution in [0.4, 0.5) is 4.39 Å². The summed E-state index contributed by atoms with van der Waals surface area (Å²) in [5.74, 6) is -0.969. The minimum absolute atomic E-state index is 0.292. The van der Waals surface area contributed by atoms with Gasteiger partial charge in [0.05, 0.1) is 0 Å². The van der Waals surface area contributed by atoms with E-state index in [1.807, 2.05) is 6.92 Å². The van der Waals surface area contributed by atoms with Crippen molar-refractivity contribution in [3.63, 3.8) is 0 Å². The van der Waals surface area contributed by atoms with E-state index < -0.39 is 11.8 Å². The molecule has 0 aliphatic rings. The first-order valence-electron chi connectivity index (χ1n) is 6.59. The minimum Gasteiger partial charge on any atom is -0.484 e. The zero-order chi connectivity index (χ0) is 15.9. The van der Waals surface area contributed by atoms with Gasteiger partial charge < -0.3 is 4.74 Å². The Bertz CT molecular complexity index is 654. The van der Waals surface area contributed by atoms with Crippen LogP contribution in [-0.2, 0) is 4.79 Å². The van der Waals surface area contributed by atoms with Gasteiger partial charge >= 0.3 is 0 Å². The highest BCUT2D eigenvalue weighted by atomic mass is 19.1. The first-order chi connectivity index (χ1) is 10.5. The number of halogens is 1. The summed E-state index contributed by atoms with van der Waals surface area (Å²) in [6, 6.07) is 12.2. The monoisotopic (exact) mass is 302 g/mol. The quantitative estimate of drug-likeness (QED) is 0.849. The van der Waals surface area contributed by atoms with Gasteiger partial charge in [-0.15, -0.1) is 0 Å². The number of hydrogen-bond donors (Lipinski definition) is 2. The Labute approximate surface area is 127 Å². The van der Waals surface area contributed by atoms with E-state index in [4.69, 9.17) is 4.74 Å². The van der Waals surface area contributed by atoms with Crippen molar-refractivity contribution in [1.82, 2.24) is 10.9 Å². The number of rotatable bonds is 4. The predicted molar refractivity (Wildman–Crippen MR) is 78.7 cm³/mol. The number of ether oxygens (including phenoxy) is 1. The average Bonchev–Trinajstić information content (AvgIpc) is 2.52. The molecule has 0 saturated carbocycles. The third kappa shape index (κ3) is 4.59. The maximum atomic E-state index is 12.7. The molecule has 2 N–H and O–H groups in total. The molecule has 0 heterocycles. The molecule has 0 saturated heterocycles. The molecule has 6 heteroatoms. The van der Waals surface area contributed by atoms with E-state index in [0.717, 1.165) is 5.56 Å². The highest BCUT2D eigenvalue weighted by Gasteiger charge is 2.07. The highest BCUT2D eigenvalue weighted by Crippen LogP contribution is 2.10. The molecule has 5 nitrogen and oxygen atoms in total. The summed E-state index contributed by atoms with van der Waals surface area (Å²) in [4.78, 5) is 23.3. The fraction of sp³-hybridized carbons (Fsp3) is 0.125. The number of aryl methyl sites for hydroxylation is 1. The van der Waals surface area contributed by atoms with E-state index in [2.05, 4.69) is 10.9 Å². The fourth-order valence-corrected chi connectivity index (χ4v) is 1.62. The number of amides is 2. The lowest BCUT2D eigenvalue weighted by Crippen LogP contribution is -2.43. The summed E-state index contributed by atoms with van der Waals surface area (Å²) in [5.41, 5.74) is 6.00. The molecule has 22 heavy (non-hydrogen) atoms. The Kier molecular flexibility index (Phi) is 5.08. The highest BCUT2D eigenvalue weighted by molar-refractivity contribution is 5.95. The van der Waals surface area contributed by atoms with Crippen LogP contribution in [0.1, 0.15) is 15.9 Å². The molecule has 2 amide bonds. The van der Waals surface area contributed by atoms with Gasteiger partial charge in [-0.1, -0.05) is 17.7 Å². The Hall–Kier alpha value is -2.89. The van der Waals surface area contributed by atoms with Crippen molar-refractivity contribution in [2.45, 2.75) is 6.92 Å². The summed E-state index contributed by atoms with van der Waals surface area (Å²) >= 11 is 0. The van der Waals surface area contributed by atoms with E-state index in [1.54, 1.807) is 24.3 Å². The maximum absolute atomic E-state index is 12.7. The van der Waals surface area contributed by atoms with Gasteiger partial charge in [0.15, 0.2) is 6.61 Å². The van der Waals surface area contributed by atoms with Crippen molar-refractivity contribution >= 4 is 11.8 Å². The fourth-order valence-electron chi connectivity index (χ4n) is 1.62. The molecule has 0 atom stereocenters. The molecular formula is C16H15FN2O3. The van der Waals surface area contributed by atoms with Crippen molar-refractivity contribution in [1.29, 1.82) is 0 Å². The third-order valence-corrected chi connectivity index (χ3v) is 2.81. The number of hydrazine groups is 1. The van der Waals surface area contributed by atoms with Gasteiger partial charge in [0.25, 0.3) is 11.8 Å². The van der Waals surface area contributed by atoms with Crippen LogP contribution in [0.15, 0.2) is 48.5 Å².